The van der Waals surface area contributed by atoms with Crippen molar-refractivity contribution < 1.29 is 4.39 Å². The molecule has 0 bridgehead atoms. The highest BCUT2D eigenvalue weighted by atomic mass is 79.9. The SMILES string of the molecule is Fc1ccc(CC(Br)c2ccccc2Br)cc1. The lowest BCUT2D eigenvalue weighted by molar-refractivity contribution is 0.627. The van der Waals surface area contributed by atoms with Crippen molar-refractivity contribution >= 4 is 31.9 Å². The molecule has 2 aromatic carbocycles. The van der Waals surface area contributed by atoms with Gasteiger partial charge in [0, 0.05) is 9.30 Å². The lowest BCUT2D eigenvalue weighted by Gasteiger charge is -2.12. The summed E-state index contributed by atoms with van der Waals surface area (Å²) in [5, 5.41) is 0. The van der Waals surface area contributed by atoms with Gasteiger partial charge in [-0.25, -0.2) is 4.39 Å². The van der Waals surface area contributed by atoms with Gasteiger partial charge in [0.05, 0.1) is 0 Å². The van der Waals surface area contributed by atoms with Gasteiger partial charge in [0.25, 0.3) is 0 Å². The zero-order chi connectivity index (χ0) is 12.3. The second-order valence-corrected chi connectivity index (χ2v) is 5.78. The molecule has 3 heteroatoms. The molecule has 1 unspecified atom stereocenters. The third-order valence-corrected chi connectivity index (χ3v) is 4.11. The fraction of sp³-hybridized carbons (Fsp3) is 0.143. The summed E-state index contributed by atoms with van der Waals surface area (Å²) in [6, 6.07) is 14.7. The van der Waals surface area contributed by atoms with E-state index in [0.29, 0.717) is 0 Å². The van der Waals surface area contributed by atoms with Crippen LogP contribution in [0.3, 0.4) is 0 Å². The van der Waals surface area contributed by atoms with Gasteiger partial charge in [0.2, 0.25) is 0 Å². The standard InChI is InChI=1S/C14H11Br2F/c15-13-4-2-1-3-12(13)14(16)9-10-5-7-11(17)8-6-10/h1-8,14H,9H2. The number of rotatable bonds is 3. The summed E-state index contributed by atoms with van der Waals surface area (Å²) in [5.74, 6) is -0.194. The normalized spacial score (nSPS) is 12.4. The molecule has 88 valence electrons. The number of hydrogen-bond donors (Lipinski definition) is 0. The monoisotopic (exact) mass is 356 g/mol. The van der Waals surface area contributed by atoms with E-state index in [9.17, 15) is 4.39 Å². The van der Waals surface area contributed by atoms with E-state index in [1.54, 1.807) is 0 Å². The maximum Gasteiger partial charge on any atom is 0.123 e. The second kappa shape index (κ2) is 5.78. The van der Waals surface area contributed by atoms with Crippen molar-refractivity contribution in [3.63, 3.8) is 0 Å². The van der Waals surface area contributed by atoms with E-state index in [1.165, 1.54) is 17.7 Å². The van der Waals surface area contributed by atoms with E-state index in [2.05, 4.69) is 37.9 Å². The van der Waals surface area contributed by atoms with Crippen molar-refractivity contribution in [2.75, 3.05) is 0 Å². The molecule has 0 heterocycles. The minimum Gasteiger partial charge on any atom is -0.207 e. The molecule has 0 saturated heterocycles. The largest absolute Gasteiger partial charge is 0.207 e. The molecule has 2 rings (SSSR count). The molecule has 0 N–H and O–H groups in total. The fourth-order valence-corrected chi connectivity index (χ4v) is 3.31. The Labute approximate surface area is 117 Å². The molecule has 0 aromatic heterocycles. The number of halogens is 3. The quantitative estimate of drug-likeness (QED) is 0.656. The Balaban J connectivity index is 2.14. The summed E-state index contributed by atoms with van der Waals surface area (Å²) in [7, 11) is 0. The Kier molecular flexibility index (Phi) is 4.35. The molecule has 1 atom stereocenters. The summed E-state index contributed by atoms with van der Waals surface area (Å²) in [5.41, 5.74) is 2.32. The van der Waals surface area contributed by atoms with Crippen molar-refractivity contribution in [3.8, 4) is 0 Å². The summed E-state index contributed by atoms with van der Waals surface area (Å²) < 4.78 is 13.9. The average Bonchev–Trinajstić information content (AvgIpc) is 2.32. The van der Waals surface area contributed by atoms with Gasteiger partial charge in [-0.2, -0.15) is 0 Å². The van der Waals surface area contributed by atoms with Crippen molar-refractivity contribution in [1.29, 1.82) is 0 Å². The first kappa shape index (κ1) is 12.8. The molecule has 2 aromatic rings. The number of benzene rings is 2. The third-order valence-electron chi connectivity index (χ3n) is 2.57. The number of hydrogen-bond acceptors (Lipinski definition) is 0. The first-order valence-corrected chi connectivity index (χ1v) is 7.00. The topological polar surface area (TPSA) is 0 Å². The highest BCUT2D eigenvalue weighted by Crippen LogP contribution is 2.32. The lowest BCUT2D eigenvalue weighted by Crippen LogP contribution is -1.96. The summed E-state index contributed by atoms with van der Waals surface area (Å²) >= 11 is 7.20. The maximum absolute atomic E-state index is 12.8. The first-order chi connectivity index (χ1) is 8.16. The van der Waals surface area contributed by atoms with Crippen molar-refractivity contribution in [1.82, 2.24) is 0 Å². The van der Waals surface area contributed by atoms with E-state index < -0.39 is 0 Å². The van der Waals surface area contributed by atoms with Crippen LogP contribution in [0.2, 0.25) is 0 Å². The fourth-order valence-electron chi connectivity index (χ4n) is 1.67. The molecule has 0 aliphatic heterocycles. The highest BCUT2D eigenvalue weighted by molar-refractivity contribution is 9.11. The first-order valence-electron chi connectivity index (χ1n) is 5.30. The van der Waals surface area contributed by atoms with Gasteiger partial charge in [-0.05, 0) is 35.7 Å². The van der Waals surface area contributed by atoms with Crippen LogP contribution < -0.4 is 0 Å². The van der Waals surface area contributed by atoms with Crippen LogP contribution in [-0.4, -0.2) is 0 Å². The van der Waals surface area contributed by atoms with Crippen LogP contribution in [0.4, 0.5) is 4.39 Å². The van der Waals surface area contributed by atoms with Crippen LogP contribution in [-0.2, 0) is 6.42 Å². The van der Waals surface area contributed by atoms with Crippen molar-refractivity contribution in [2.24, 2.45) is 0 Å². The van der Waals surface area contributed by atoms with Crippen LogP contribution in [0.25, 0.3) is 0 Å². The molecule has 0 amide bonds. The van der Waals surface area contributed by atoms with Crippen molar-refractivity contribution in [2.45, 2.75) is 11.2 Å². The molecule has 0 spiro atoms. The van der Waals surface area contributed by atoms with E-state index in [1.807, 2.05) is 30.3 Å². The van der Waals surface area contributed by atoms with Crippen molar-refractivity contribution in [3.05, 3.63) is 69.9 Å². The lowest BCUT2D eigenvalue weighted by atomic mass is 10.0. The molecular formula is C14H11Br2F. The molecule has 17 heavy (non-hydrogen) atoms. The van der Waals surface area contributed by atoms with Gasteiger partial charge < -0.3 is 0 Å². The van der Waals surface area contributed by atoms with Gasteiger partial charge in [0.1, 0.15) is 5.82 Å². The minimum absolute atomic E-state index is 0.194. The molecule has 0 nitrogen and oxygen atoms in total. The summed E-state index contributed by atoms with van der Waals surface area (Å²) in [6.07, 6.45) is 0.836. The summed E-state index contributed by atoms with van der Waals surface area (Å²) in [4.78, 5) is 0.225. The average molecular weight is 358 g/mol. The van der Waals surface area contributed by atoms with E-state index in [-0.39, 0.29) is 10.6 Å². The molecule has 0 aliphatic carbocycles. The van der Waals surface area contributed by atoms with Crippen LogP contribution in [0.15, 0.2) is 53.0 Å². The van der Waals surface area contributed by atoms with E-state index >= 15 is 0 Å². The van der Waals surface area contributed by atoms with Gasteiger partial charge >= 0.3 is 0 Å². The zero-order valence-corrected chi connectivity index (χ0v) is 12.2. The number of alkyl halides is 1. The molecule has 0 fully saturated rings. The molecule has 0 saturated carbocycles. The molecular weight excluding hydrogens is 347 g/mol. The summed E-state index contributed by atoms with van der Waals surface area (Å²) in [6.45, 7) is 0. The second-order valence-electron chi connectivity index (χ2n) is 3.82. The molecule has 0 radical (unpaired) electrons. The van der Waals surface area contributed by atoms with E-state index in [0.717, 1.165) is 16.5 Å². The van der Waals surface area contributed by atoms with Crippen LogP contribution in [0.1, 0.15) is 16.0 Å². The van der Waals surface area contributed by atoms with Gasteiger partial charge in [0.15, 0.2) is 0 Å². The van der Waals surface area contributed by atoms with E-state index in [4.69, 9.17) is 0 Å². The van der Waals surface area contributed by atoms with Crippen LogP contribution in [0.5, 0.6) is 0 Å². The zero-order valence-electron chi connectivity index (χ0n) is 9.04. The van der Waals surface area contributed by atoms with Gasteiger partial charge in [-0.1, -0.05) is 62.2 Å². The Hall–Kier alpha value is -0.670. The predicted octanol–water partition coefficient (Wildman–Crippen LogP) is 5.27. The highest BCUT2D eigenvalue weighted by Gasteiger charge is 2.11. The third kappa shape index (κ3) is 3.39. The minimum atomic E-state index is -0.194. The van der Waals surface area contributed by atoms with Crippen LogP contribution >= 0.6 is 31.9 Å². The predicted molar refractivity (Wildman–Crippen MR) is 75.9 cm³/mol. The smallest absolute Gasteiger partial charge is 0.123 e. The van der Waals surface area contributed by atoms with Gasteiger partial charge in [-0.15, -0.1) is 0 Å². The maximum atomic E-state index is 12.8. The molecule has 0 aliphatic rings. The van der Waals surface area contributed by atoms with Gasteiger partial charge in [-0.3, -0.25) is 0 Å². The Bertz CT molecular complexity index is 494. The Morgan fingerprint density at radius 3 is 2.29 bits per heavy atom. The van der Waals surface area contributed by atoms with Crippen LogP contribution in [0, 0.1) is 5.82 Å². The Morgan fingerprint density at radius 1 is 1.00 bits per heavy atom. The Morgan fingerprint density at radius 2 is 1.65 bits per heavy atom.